The van der Waals surface area contributed by atoms with Crippen LogP contribution in [-0.2, 0) is 7.05 Å². The van der Waals surface area contributed by atoms with Crippen LogP contribution in [0.3, 0.4) is 0 Å². The van der Waals surface area contributed by atoms with E-state index in [4.69, 9.17) is 11.6 Å². The highest BCUT2D eigenvalue weighted by Gasteiger charge is 2.07. The standard InChI is InChI=1S/C10H9ClN4O/c1-15-6-8(5-13-15)14-10(16)7-2-3-9(11)12-4-7/h2-6H,1H3,(H,14,16). The van der Waals surface area contributed by atoms with Gasteiger partial charge < -0.3 is 5.32 Å². The van der Waals surface area contributed by atoms with Gasteiger partial charge in [0.05, 0.1) is 17.4 Å². The minimum Gasteiger partial charge on any atom is -0.319 e. The van der Waals surface area contributed by atoms with Crippen LogP contribution in [0.15, 0.2) is 30.7 Å². The summed E-state index contributed by atoms with van der Waals surface area (Å²) in [5.74, 6) is -0.239. The van der Waals surface area contributed by atoms with Crippen LogP contribution < -0.4 is 5.32 Å². The van der Waals surface area contributed by atoms with Crippen molar-refractivity contribution in [3.8, 4) is 0 Å². The van der Waals surface area contributed by atoms with Crippen molar-refractivity contribution in [3.05, 3.63) is 41.4 Å². The van der Waals surface area contributed by atoms with Crippen molar-refractivity contribution in [1.82, 2.24) is 14.8 Å². The van der Waals surface area contributed by atoms with Crippen molar-refractivity contribution in [2.45, 2.75) is 0 Å². The molecule has 0 saturated heterocycles. The molecule has 1 amide bonds. The van der Waals surface area contributed by atoms with E-state index >= 15 is 0 Å². The number of carbonyl (C=O) groups is 1. The Bertz CT molecular complexity index is 506. The monoisotopic (exact) mass is 236 g/mol. The molecule has 0 atom stereocenters. The number of hydrogen-bond donors (Lipinski definition) is 1. The van der Waals surface area contributed by atoms with Crippen LogP contribution in [0.1, 0.15) is 10.4 Å². The molecule has 0 aromatic carbocycles. The molecule has 0 aliphatic carbocycles. The molecular weight excluding hydrogens is 228 g/mol. The summed E-state index contributed by atoms with van der Waals surface area (Å²) in [6.45, 7) is 0. The largest absolute Gasteiger partial charge is 0.319 e. The number of aromatic nitrogens is 3. The number of anilines is 1. The average molecular weight is 237 g/mol. The van der Waals surface area contributed by atoms with E-state index in [1.54, 1.807) is 36.3 Å². The molecule has 16 heavy (non-hydrogen) atoms. The fourth-order valence-corrected chi connectivity index (χ4v) is 1.31. The topological polar surface area (TPSA) is 59.8 Å². The van der Waals surface area contributed by atoms with Crippen LogP contribution in [0.5, 0.6) is 0 Å². The summed E-state index contributed by atoms with van der Waals surface area (Å²) in [7, 11) is 1.78. The van der Waals surface area contributed by atoms with Gasteiger partial charge in [-0.2, -0.15) is 5.10 Å². The second-order valence-electron chi connectivity index (χ2n) is 3.23. The van der Waals surface area contributed by atoms with E-state index in [0.29, 0.717) is 16.4 Å². The van der Waals surface area contributed by atoms with Crippen molar-refractivity contribution in [2.24, 2.45) is 7.05 Å². The third-order valence-electron chi connectivity index (χ3n) is 1.95. The summed E-state index contributed by atoms with van der Waals surface area (Å²) in [4.78, 5) is 15.5. The fraction of sp³-hybridized carbons (Fsp3) is 0.100. The van der Waals surface area contributed by atoms with Gasteiger partial charge in [0.2, 0.25) is 0 Å². The highest BCUT2D eigenvalue weighted by molar-refractivity contribution is 6.29. The van der Waals surface area contributed by atoms with Gasteiger partial charge in [0.1, 0.15) is 5.15 Å². The van der Waals surface area contributed by atoms with Gasteiger partial charge in [-0.05, 0) is 12.1 Å². The first kappa shape index (κ1) is 10.6. The second-order valence-corrected chi connectivity index (χ2v) is 3.61. The van der Waals surface area contributed by atoms with E-state index in [-0.39, 0.29) is 5.91 Å². The molecule has 2 rings (SSSR count). The van der Waals surface area contributed by atoms with Crippen molar-refractivity contribution in [2.75, 3.05) is 5.32 Å². The maximum absolute atomic E-state index is 11.7. The Hall–Kier alpha value is -1.88. The zero-order valence-electron chi connectivity index (χ0n) is 8.51. The number of nitrogens with zero attached hydrogens (tertiary/aromatic N) is 3. The first-order valence-corrected chi connectivity index (χ1v) is 4.94. The van der Waals surface area contributed by atoms with Crippen molar-refractivity contribution in [3.63, 3.8) is 0 Å². The molecule has 0 radical (unpaired) electrons. The van der Waals surface area contributed by atoms with Crippen molar-refractivity contribution in [1.29, 1.82) is 0 Å². The van der Waals surface area contributed by atoms with Gasteiger partial charge in [-0.15, -0.1) is 0 Å². The molecule has 6 heteroatoms. The molecule has 0 aliphatic heterocycles. The van der Waals surface area contributed by atoms with Gasteiger partial charge in [-0.1, -0.05) is 11.6 Å². The van der Waals surface area contributed by atoms with Gasteiger partial charge in [0, 0.05) is 19.4 Å². The molecule has 2 aromatic heterocycles. The summed E-state index contributed by atoms with van der Waals surface area (Å²) in [6.07, 6.45) is 4.70. The number of amides is 1. The summed E-state index contributed by atoms with van der Waals surface area (Å²) in [5, 5.41) is 7.00. The molecule has 1 N–H and O–H groups in total. The molecule has 0 fully saturated rings. The Balaban J connectivity index is 2.11. The molecule has 0 saturated carbocycles. The average Bonchev–Trinajstić information content (AvgIpc) is 2.65. The van der Waals surface area contributed by atoms with Crippen LogP contribution in [-0.4, -0.2) is 20.7 Å². The Morgan fingerprint density at radius 1 is 1.44 bits per heavy atom. The summed E-state index contributed by atoms with van der Waals surface area (Å²) < 4.78 is 1.61. The van der Waals surface area contributed by atoms with E-state index in [0.717, 1.165) is 0 Å². The van der Waals surface area contributed by atoms with Gasteiger partial charge >= 0.3 is 0 Å². The number of rotatable bonds is 2. The lowest BCUT2D eigenvalue weighted by atomic mass is 10.2. The summed E-state index contributed by atoms with van der Waals surface area (Å²) in [6, 6.07) is 3.18. The zero-order valence-corrected chi connectivity index (χ0v) is 9.27. The van der Waals surface area contributed by atoms with E-state index in [9.17, 15) is 4.79 Å². The zero-order chi connectivity index (χ0) is 11.5. The van der Waals surface area contributed by atoms with Crippen molar-refractivity contribution < 1.29 is 4.79 Å². The van der Waals surface area contributed by atoms with Crippen LogP contribution in [0.4, 0.5) is 5.69 Å². The lowest BCUT2D eigenvalue weighted by Crippen LogP contribution is -2.11. The van der Waals surface area contributed by atoms with E-state index < -0.39 is 0 Å². The number of halogens is 1. The van der Waals surface area contributed by atoms with E-state index in [1.807, 2.05) is 0 Å². The Morgan fingerprint density at radius 3 is 2.81 bits per heavy atom. The number of hydrogen-bond acceptors (Lipinski definition) is 3. The van der Waals surface area contributed by atoms with E-state index in [1.165, 1.54) is 6.20 Å². The molecule has 5 nitrogen and oxygen atoms in total. The van der Waals surface area contributed by atoms with Gasteiger partial charge in [-0.25, -0.2) is 4.98 Å². The lowest BCUT2D eigenvalue weighted by molar-refractivity contribution is 0.102. The Morgan fingerprint density at radius 2 is 2.25 bits per heavy atom. The Labute approximate surface area is 97.1 Å². The Kier molecular flexibility index (Phi) is 2.87. The summed E-state index contributed by atoms with van der Waals surface area (Å²) in [5.41, 5.74) is 1.09. The predicted molar refractivity (Wildman–Crippen MR) is 60.4 cm³/mol. The quantitative estimate of drug-likeness (QED) is 0.808. The van der Waals surface area contributed by atoms with Gasteiger partial charge in [-0.3, -0.25) is 9.48 Å². The van der Waals surface area contributed by atoms with Gasteiger partial charge in [0.25, 0.3) is 5.91 Å². The number of carbonyl (C=O) groups excluding carboxylic acids is 1. The lowest BCUT2D eigenvalue weighted by Gasteiger charge is -2.01. The summed E-state index contributed by atoms with van der Waals surface area (Å²) >= 11 is 5.62. The normalized spacial score (nSPS) is 10.1. The third-order valence-corrected chi connectivity index (χ3v) is 2.18. The molecule has 0 spiro atoms. The fourth-order valence-electron chi connectivity index (χ4n) is 1.20. The molecular formula is C10H9ClN4O. The SMILES string of the molecule is Cn1cc(NC(=O)c2ccc(Cl)nc2)cn1. The molecule has 2 aromatic rings. The number of pyridine rings is 1. The molecule has 0 aliphatic rings. The second kappa shape index (κ2) is 4.32. The van der Waals surface area contributed by atoms with Crippen molar-refractivity contribution >= 4 is 23.2 Å². The maximum atomic E-state index is 11.7. The van der Waals surface area contributed by atoms with Crippen LogP contribution >= 0.6 is 11.6 Å². The first-order valence-electron chi connectivity index (χ1n) is 4.57. The van der Waals surface area contributed by atoms with Gasteiger partial charge in [0.15, 0.2) is 0 Å². The molecule has 82 valence electrons. The number of aryl methyl sites for hydroxylation is 1. The van der Waals surface area contributed by atoms with Crippen LogP contribution in [0, 0.1) is 0 Å². The predicted octanol–water partition coefficient (Wildman–Crippen LogP) is 1.72. The molecule has 0 bridgehead atoms. The van der Waals surface area contributed by atoms with Crippen LogP contribution in [0.2, 0.25) is 5.15 Å². The molecule has 0 unspecified atom stereocenters. The first-order chi connectivity index (χ1) is 7.65. The smallest absolute Gasteiger partial charge is 0.257 e. The van der Waals surface area contributed by atoms with E-state index in [2.05, 4.69) is 15.4 Å². The minimum absolute atomic E-state index is 0.239. The highest BCUT2D eigenvalue weighted by Crippen LogP contribution is 2.09. The minimum atomic E-state index is -0.239. The number of nitrogens with one attached hydrogen (secondary N) is 1. The highest BCUT2D eigenvalue weighted by atomic mass is 35.5. The molecule has 2 heterocycles. The van der Waals surface area contributed by atoms with Crippen LogP contribution in [0.25, 0.3) is 0 Å². The third kappa shape index (κ3) is 2.38. The maximum Gasteiger partial charge on any atom is 0.257 e.